The van der Waals surface area contributed by atoms with Crippen molar-refractivity contribution in [2.45, 2.75) is 11.6 Å². The first-order valence-corrected chi connectivity index (χ1v) is 13.1. The molecule has 176 valence electrons. The monoisotopic (exact) mass is 521 g/mol. The number of aromatic nitrogens is 3. The van der Waals surface area contributed by atoms with Crippen molar-refractivity contribution < 1.29 is 4.79 Å². The average molecular weight is 520 g/mol. The summed E-state index contributed by atoms with van der Waals surface area (Å²) >= 11 is 1.58. The molecule has 1 aliphatic heterocycles. The molecule has 3 aromatic heterocycles. The fraction of sp³-hybridized carbons (Fsp3) is 0.115. The van der Waals surface area contributed by atoms with Gasteiger partial charge in [0.05, 0.1) is 21.9 Å². The maximum Gasteiger partial charge on any atom is 0.220 e. The van der Waals surface area contributed by atoms with E-state index in [-0.39, 0.29) is 32.9 Å². The van der Waals surface area contributed by atoms with Crippen molar-refractivity contribution in [3.8, 4) is 22.3 Å². The highest BCUT2D eigenvalue weighted by molar-refractivity contribution is 7.18. The molecular weight excluding hydrogens is 506 g/mol. The summed E-state index contributed by atoms with van der Waals surface area (Å²) in [5.74, 6) is -0.177. The Balaban J connectivity index is 1.38. The number of thiophene rings is 1. The van der Waals surface area contributed by atoms with Crippen LogP contribution in [0, 0.1) is 0 Å². The average Bonchev–Trinajstić information content (AvgIpc) is 3.70. The zero-order valence-electron chi connectivity index (χ0n) is 21.2. The number of hydrogen-bond acceptors (Lipinski definition) is 5. The molecule has 14 radical (unpaired) electrons. The second-order valence-corrected chi connectivity index (χ2v) is 10.6. The van der Waals surface area contributed by atoms with Crippen LogP contribution >= 0.6 is 11.3 Å². The molecule has 0 bridgehead atoms. The van der Waals surface area contributed by atoms with Gasteiger partial charge in [-0.2, -0.15) is 5.10 Å². The Morgan fingerprint density at radius 1 is 0.975 bits per heavy atom. The van der Waals surface area contributed by atoms with Crippen LogP contribution in [0.25, 0.3) is 32.3 Å². The van der Waals surface area contributed by atoms with Gasteiger partial charge in [-0.25, -0.2) is 4.98 Å². The highest BCUT2D eigenvalue weighted by Crippen LogP contribution is 2.43. The third-order valence-electron chi connectivity index (χ3n) is 7.43. The Morgan fingerprint density at radius 3 is 2.35 bits per heavy atom. The van der Waals surface area contributed by atoms with E-state index in [1.807, 2.05) is 24.4 Å². The van der Waals surface area contributed by atoms with Gasteiger partial charge in [-0.1, -0.05) is 11.6 Å². The Kier molecular flexibility index (Phi) is 6.37. The zero-order valence-corrected chi connectivity index (χ0v) is 22.0. The van der Waals surface area contributed by atoms with Crippen LogP contribution in [0.5, 0.6) is 0 Å². The minimum Gasteiger partial charge on any atom is -0.383 e. The maximum atomic E-state index is 13.7. The van der Waals surface area contributed by atoms with E-state index >= 15 is 0 Å². The standard InChI is InChI=1S/C26H14B7N5OS/c27-18-17(19(28)21(30)22(31)20(18)29)26(32,33)25(39)38-4-3-11-5-10(1-2-15(11)38)14-9-40-23-13(12-6-36-37-7-12)8-35-24(34)16(14)23/h1-2,5-9H,3-4H2,(H2,34,35)(H,36,37). The number of benzene rings is 2. The van der Waals surface area contributed by atoms with E-state index in [2.05, 4.69) is 20.6 Å². The van der Waals surface area contributed by atoms with E-state index in [1.165, 1.54) is 4.90 Å². The Hall–Kier alpha value is -3.52. The number of carbonyl (C=O) groups is 1. The number of rotatable bonds is 4. The number of nitrogens with two attached hydrogens (primary N) is 1. The summed E-state index contributed by atoms with van der Waals surface area (Å²) in [5, 5.41) is 7.69. The summed E-state index contributed by atoms with van der Waals surface area (Å²) in [6, 6.07) is 5.81. The van der Waals surface area contributed by atoms with E-state index in [9.17, 15) is 4.79 Å². The lowest BCUT2D eigenvalue weighted by Gasteiger charge is -2.36. The number of nitrogens with zero attached hydrogens (tertiary/aromatic N) is 3. The first kappa shape index (κ1) is 26.7. The summed E-state index contributed by atoms with van der Waals surface area (Å²) in [5.41, 5.74) is 11.4. The van der Waals surface area contributed by atoms with Crippen molar-refractivity contribution in [1.29, 1.82) is 0 Å². The topological polar surface area (TPSA) is 87.9 Å². The molecule has 40 heavy (non-hydrogen) atoms. The third kappa shape index (κ3) is 3.91. The van der Waals surface area contributed by atoms with Crippen molar-refractivity contribution in [3.05, 3.63) is 53.3 Å². The Bertz CT molecular complexity index is 1810. The first-order chi connectivity index (χ1) is 19.0. The second-order valence-electron chi connectivity index (χ2n) is 9.76. The number of amides is 1. The van der Waals surface area contributed by atoms with Crippen LogP contribution in [0.15, 0.2) is 42.2 Å². The van der Waals surface area contributed by atoms with Crippen molar-refractivity contribution >= 4 is 121 Å². The van der Waals surface area contributed by atoms with Crippen LogP contribution in [-0.2, 0) is 16.4 Å². The third-order valence-corrected chi connectivity index (χ3v) is 8.45. The summed E-state index contributed by atoms with van der Waals surface area (Å²) in [4.78, 5) is 19.7. The summed E-state index contributed by atoms with van der Waals surface area (Å²) in [7, 11) is 43.0. The van der Waals surface area contributed by atoms with Gasteiger partial charge < -0.3 is 10.6 Å². The maximum absolute atomic E-state index is 13.7. The van der Waals surface area contributed by atoms with Gasteiger partial charge in [0.15, 0.2) is 0 Å². The van der Waals surface area contributed by atoms with Crippen LogP contribution in [0.1, 0.15) is 11.1 Å². The molecule has 0 spiro atoms. The van der Waals surface area contributed by atoms with Crippen LogP contribution in [-0.4, -0.2) is 82.6 Å². The van der Waals surface area contributed by atoms with E-state index in [0.717, 1.165) is 37.9 Å². The molecule has 5 aromatic rings. The normalized spacial score (nSPS) is 13.2. The molecule has 1 amide bonds. The molecule has 0 saturated heterocycles. The Morgan fingerprint density at radius 2 is 1.68 bits per heavy atom. The van der Waals surface area contributed by atoms with Crippen molar-refractivity contribution in [3.63, 3.8) is 0 Å². The molecule has 0 unspecified atom stereocenters. The number of aromatic amines is 1. The Labute approximate surface area is 244 Å². The summed E-state index contributed by atoms with van der Waals surface area (Å²) in [6.07, 6.45) is 5.90. The molecule has 4 heterocycles. The van der Waals surface area contributed by atoms with Crippen LogP contribution in [0.3, 0.4) is 0 Å². The van der Waals surface area contributed by atoms with Gasteiger partial charge in [0.25, 0.3) is 0 Å². The van der Waals surface area contributed by atoms with Crippen LogP contribution in [0.4, 0.5) is 11.5 Å². The second kappa shape index (κ2) is 9.55. The number of carbonyl (C=O) groups excluding carboxylic acids is 1. The fourth-order valence-electron chi connectivity index (χ4n) is 5.29. The van der Waals surface area contributed by atoms with Gasteiger partial charge in [-0.3, -0.25) is 9.89 Å². The number of pyridine rings is 1. The lowest BCUT2D eigenvalue weighted by molar-refractivity contribution is -0.119. The number of fused-ring (bicyclic) bond motifs is 2. The lowest BCUT2D eigenvalue weighted by Crippen LogP contribution is -2.62. The smallest absolute Gasteiger partial charge is 0.220 e. The minimum atomic E-state index is -2.11. The SMILES string of the molecule is [B]c1c([B])c([B])c(C([B])([B])C(=O)N2CCc3cc(-c4csc5c(-c6cn[nH]c6)cnc(N)c45)ccc32)c([B])c1[B]. The zero-order chi connectivity index (χ0) is 28.5. The number of H-pyrrole nitrogens is 1. The van der Waals surface area contributed by atoms with Gasteiger partial charge in [-0.05, 0) is 40.3 Å². The number of nitrogens with one attached hydrogen (secondary N) is 1. The molecule has 0 aliphatic carbocycles. The number of nitrogen functional groups attached to an aromatic ring is 1. The summed E-state index contributed by atoms with van der Waals surface area (Å²) in [6.45, 7) is 0.353. The molecular formula is C26H14B7N5OS. The number of hydrogen-bond donors (Lipinski definition) is 2. The number of anilines is 2. The molecule has 3 N–H and O–H groups in total. The van der Waals surface area contributed by atoms with Gasteiger partial charge >= 0.3 is 0 Å². The quantitative estimate of drug-likeness (QED) is 0.268. The lowest BCUT2D eigenvalue weighted by atomic mass is 9.44. The van der Waals surface area contributed by atoms with Crippen molar-refractivity contribution in [1.82, 2.24) is 15.2 Å². The predicted octanol–water partition coefficient (Wildman–Crippen LogP) is -2.02. The molecule has 0 saturated carbocycles. The molecule has 0 fully saturated rings. The van der Waals surface area contributed by atoms with Crippen LogP contribution < -0.4 is 37.9 Å². The first-order valence-electron chi connectivity index (χ1n) is 12.2. The van der Waals surface area contributed by atoms with E-state index in [0.29, 0.717) is 24.5 Å². The summed E-state index contributed by atoms with van der Waals surface area (Å²) < 4.78 is 1.01. The van der Waals surface area contributed by atoms with Gasteiger partial charge in [0.2, 0.25) is 5.91 Å². The van der Waals surface area contributed by atoms with Gasteiger partial charge in [0, 0.05) is 51.4 Å². The van der Waals surface area contributed by atoms with Crippen molar-refractivity contribution in [2.24, 2.45) is 0 Å². The van der Waals surface area contributed by atoms with Crippen LogP contribution in [0.2, 0.25) is 0 Å². The molecule has 1 aliphatic rings. The van der Waals surface area contributed by atoms with E-state index in [1.54, 1.807) is 23.7 Å². The molecule has 14 heteroatoms. The van der Waals surface area contributed by atoms with Gasteiger partial charge in [-0.15, -0.1) is 38.7 Å². The van der Waals surface area contributed by atoms with Gasteiger partial charge in [0.1, 0.15) is 45.0 Å². The predicted molar refractivity (Wildman–Crippen MR) is 170 cm³/mol. The largest absolute Gasteiger partial charge is 0.383 e. The molecule has 6 rings (SSSR count). The van der Waals surface area contributed by atoms with E-state index in [4.69, 9.17) is 60.7 Å². The fourth-order valence-corrected chi connectivity index (χ4v) is 6.41. The highest BCUT2D eigenvalue weighted by Gasteiger charge is 2.38. The van der Waals surface area contributed by atoms with E-state index < -0.39 is 11.1 Å². The molecule has 6 nitrogen and oxygen atoms in total. The minimum absolute atomic E-state index is 0.00900. The molecule has 0 atom stereocenters. The van der Waals surface area contributed by atoms with Crippen molar-refractivity contribution in [2.75, 3.05) is 17.2 Å². The molecule has 2 aromatic carbocycles. The highest BCUT2D eigenvalue weighted by atomic mass is 32.1.